The van der Waals surface area contributed by atoms with Crippen LogP contribution in [0.1, 0.15) is 44.3 Å². The van der Waals surface area contributed by atoms with E-state index < -0.39 is 13.0 Å². The second-order valence-electron chi connectivity index (χ2n) is 8.63. The zero-order valence-electron chi connectivity index (χ0n) is 21.6. The van der Waals surface area contributed by atoms with Gasteiger partial charge in [0.05, 0.1) is 25.5 Å². The molecule has 1 aliphatic carbocycles. The molecule has 0 aliphatic heterocycles. The van der Waals surface area contributed by atoms with Crippen LogP contribution in [0.5, 0.6) is 0 Å². The average Bonchev–Trinajstić information content (AvgIpc) is 3.46. The summed E-state index contributed by atoms with van der Waals surface area (Å²) < 4.78 is 33.3. The number of aryl methyl sites for hydroxylation is 1. The lowest BCUT2D eigenvalue weighted by Crippen LogP contribution is -2.09. The second-order valence-corrected chi connectivity index (χ2v) is 8.63. The van der Waals surface area contributed by atoms with Crippen LogP contribution in [0.3, 0.4) is 0 Å². The minimum Gasteiger partial charge on any atom is -0.394 e. The van der Waals surface area contributed by atoms with Gasteiger partial charge in [-0.3, -0.25) is 0 Å². The zero-order chi connectivity index (χ0) is 26.8. The molecule has 0 spiro atoms. The molecule has 12 heteroatoms. The van der Waals surface area contributed by atoms with Gasteiger partial charge in [-0.1, -0.05) is 38.5 Å². The summed E-state index contributed by atoms with van der Waals surface area (Å²) in [7, 11) is 3.28. The highest BCUT2D eigenvalue weighted by molar-refractivity contribution is 5.89. The van der Waals surface area contributed by atoms with E-state index in [2.05, 4.69) is 30.1 Å². The molecule has 1 aliphatic rings. The van der Waals surface area contributed by atoms with Gasteiger partial charge in [0.15, 0.2) is 11.5 Å². The largest absolute Gasteiger partial charge is 0.394 e. The van der Waals surface area contributed by atoms with Gasteiger partial charge in [-0.25, -0.2) is 23.3 Å². The first-order chi connectivity index (χ1) is 17.9. The molecule has 4 aromatic rings. The molecule has 10 nitrogen and oxygen atoms in total. The molecular formula is C25H36F2N8O2. The smallest absolute Gasteiger partial charge is 0.256 e. The van der Waals surface area contributed by atoms with Crippen molar-refractivity contribution in [3.63, 3.8) is 0 Å². The Bertz CT molecular complexity index is 1260. The number of aromatic nitrogens is 6. The molecule has 1 fully saturated rings. The average molecular weight is 519 g/mol. The van der Waals surface area contributed by atoms with Crippen LogP contribution >= 0.6 is 0 Å². The van der Waals surface area contributed by atoms with Gasteiger partial charge >= 0.3 is 0 Å². The van der Waals surface area contributed by atoms with Crippen molar-refractivity contribution < 1.29 is 18.6 Å². The van der Waals surface area contributed by atoms with Crippen molar-refractivity contribution in [2.24, 2.45) is 0 Å². The number of anilines is 2. The molecule has 0 atom stereocenters. The minimum atomic E-state index is -2.49. The fraction of sp³-hybridized carbons (Fsp3) is 0.520. The predicted octanol–water partition coefficient (Wildman–Crippen LogP) is 4.30. The van der Waals surface area contributed by atoms with Crippen LogP contribution in [0.15, 0.2) is 24.4 Å². The van der Waals surface area contributed by atoms with Gasteiger partial charge in [-0.2, -0.15) is 4.98 Å². The van der Waals surface area contributed by atoms with E-state index in [0.29, 0.717) is 40.6 Å². The fourth-order valence-electron chi connectivity index (χ4n) is 4.20. The number of methoxy groups -OCH3 is 1. The van der Waals surface area contributed by atoms with Crippen molar-refractivity contribution in [2.75, 3.05) is 38.4 Å². The minimum absolute atomic E-state index is 0.122. The summed E-state index contributed by atoms with van der Waals surface area (Å²) in [4.78, 5) is 13.1. The Morgan fingerprint density at radius 1 is 1.08 bits per heavy atom. The second kappa shape index (κ2) is 13.8. The molecule has 202 valence electrons. The van der Waals surface area contributed by atoms with Crippen LogP contribution in [0.4, 0.5) is 20.5 Å². The van der Waals surface area contributed by atoms with Gasteiger partial charge in [0, 0.05) is 25.9 Å². The Hall–Kier alpha value is -3.38. The number of hydrogen-bond acceptors (Lipinski definition) is 8. The molecule has 1 saturated carbocycles. The van der Waals surface area contributed by atoms with Crippen LogP contribution in [0.2, 0.25) is 0 Å². The first-order valence-corrected chi connectivity index (χ1v) is 12.4. The van der Waals surface area contributed by atoms with Crippen molar-refractivity contribution in [1.82, 2.24) is 29.1 Å². The quantitative estimate of drug-likeness (QED) is 0.345. The first-order valence-electron chi connectivity index (χ1n) is 12.4. The van der Waals surface area contributed by atoms with Gasteiger partial charge in [0.2, 0.25) is 5.95 Å². The van der Waals surface area contributed by atoms with Gasteiger partial charge < -0.3 is 25.5 Å². The van der Waals surface area contributed by atoms with Gasteiger partial charge in [0.1, 0.15) is 16.9 Å². The van der Waals surface area contributed by atoms with E-state index >= 15 is 0 Å². The number of alkyl halides is 2. The van der Waals surface area contributed by atoms with Crippen molar-refractivity contribution in [1.29, 1.82) is 0 Å². The summed E-state index contributed by atoms with van der Waals surface area (Å²) >= 11 is 0. The third kappa shape index (κ3) is 7.32. The van der Waals surface area contributed by atoms with E-state index in [1.54, 1.807) is 43.9 Å². The maximum Gasteiger partial charge on any atom is 0.256 e. The van der Waals surface area contributed by atoms with Crippen molar-refractivity contribution in [2.45, 2.75) is 58.4 Å². The molecule has 5 rings (SSSR count). The van der Waals surface area contributed by atoms with Crippen molar-refractivity contribution in [3.8, 4) is 11.3 Å². The number of nitrogens with zero attached hydrogens (tertiary/aromatic N) is 6. The predicted molar refractivity (Wildman–Crippen MR) is 141 cm³/mol. The Balaban J connectivity index is 0.000000288. The molecule has 0 bridgehead atoms. The van der Waals surface area contributed by atoms with Crippen LogP contribution in [0, 0.1) is 6.92 Å². The summed E-state index contributed by atoms with van der Waals surface area (Å²) in [6.45, 7) is 1.81. The Morgan fingerprint density at radius 3 is 2.30 bits per heavy atom. The summed E-state index contributed by atoms with van der Waals surface area (Å²) in [5.74, 6) is 1.19. The zero-order valence-corrected chi connectivity index (χ0v) is 21.6. The van der Waals surface area contributed by atoms with Crippen LogP contribution in [-0.4, -0.2) is 68.0 Å². The van der Waals surface area contributed by atoms with E-state index in [1.165, 1.54) is 43.1 Å². The molecule has 0 saturated heterocycles. The molecule has 0 unspecified atom stereocenters. The maximum absolute atomic E-state index is 12.9. The molecular weight excluding hydrogens is 482 g/mol. The standard InChI is InChI=1S/C16H16F2N8.C6H12.C3H8O2/c1-8-21-11-4-3-10(22-15(11)25(8)7-12(17)18)9-5-6-26-13(9)14(20-2)23-16(19)24-26;1-2-4-6-5-3-1;1-5-3-2-4/h3-6,12H,7H2,1-2H3,(H3,19,20,23,24);1-6H2;4H,2-3H2,1H3. The van der Waals surface area contributed by atoms with Crippen LogP contribution in [0.25, 0.3) is 27.9 Å². The van der Waals surface area contributed by atoms with E-state index in [1.807, 2.05) is 6.07 Å². The third-order valence-corrected chi connectivity index (χ3v) is 5.94. The number of fused-ring (bicyclic) bond motifs is 2. The number of imidazole rings is 1. The van der Waals surface area contributed by atoms with E-state index in [9.17, 15) is 8.78 Å². The van der Waals surface area contributed by atoms with Crippen molar-refractivity contribution >= 4 is 28.4 Å². The number of halogens is 2. The summed E-state index contributed by atoms with van der Waals surface area (Å²) in [6.07, 6.45) is 8.26. The maximum atomic E-state index is 12.9. The first kappa shape index (κ1) is 28.2. The number of aliphatic hydroxyl groups excluding tert-OH is 1. The fourth-order valence-corrected chi connectivity index (χ4v) is 4.20. The van der Waals surface area contributed by atoms with Crippen LogP contribution in [-0.2, 0) is 11.3 Å². The highest BCUT2D eigenvalue weighted by Crippen LogP contribution is 2.30. The Labute approximate surface area is 214 Å². The number of nitrogens with two attached hydrogens (primary N) is 1. The van der Waals surface area contributed by atoms with E-state index in [-0.39, 0.29) is 12.6 Å². The number of pyridine rings is 1. The van der Waals surface area contributed by atoms with Crippen LogP contribution < -0.4 is 11.1 Å². The lowest BCUT2D eigenvalue weighted by Gasteiger charge is -2.08. The molecule has 4 aromatic heterocycles. The molecule has 0 radical (unpaired) electrons. The molecule has 4 heterocycles. The lowest BCUT2D eigenvalue weighted by molar-refractivity contribution is 0.127. The number of nitrogen functional groups attached to an aromatic ring is 1. The lowest BCUT2D eigenvalue weighted by atomic mass is 10.0. The number of hydrogen-bond donors (Lipinski definition) is 3. The molecule has 0 amide bonds. The number of nitrogens with one attached hydrogen (secondary N) is 1. The number of ether oxygens (including phenoxy) is 1. The highest BCUT2D eigenvalue weighted by Gasteiger charge is 2.17. The van der Waals surface area contributed by atoms with E-state index in [0.717, 1.165) is 5.56 Å². The monoisotopic (exact) mass is 518 g/mol. The number of rotatable bonds is 6. The summed E-state index contributed by atoms with van der Waals surface area (Å²) in [6, 6.07) is 5.40. The molecule has 4 N–H and O–H groups in total. The number of aliphatic hydroxyl groups is 1. The van der Waals surface area contributed by atoms with Gasteiger partial charge in [-0.05, 0) is 25.1 Å². The third-order valence-electron chi connectivity index (χ3n) is 5.94. The molecule has 0 aromatic carbocycles. The summed E-state index contributed by atoms with van der Waals surface area (Å²) in [5, 5.41) is 15.1. The highest BCUT2D eigenvalue weighted by atomic mass is 19.3. The normalized spacial score (nSPS) is 13.3. The van der Waals surface area contributed by atoms with Crippen molar-refractivity contribution in [3.05, 3.63) is 30.2 Å². The summed E-state index contributed by atoms with van der Waals surface area (Å²) in [5.41, 5.74) is 8.78. The topological polar surface area (TPSA) is 128 Å². The van der Waals surface area contributed by atoms with Gasteiger partial charge in [0.25, 0.3) is 6.43 Å². The molecule has 37 heavy (non-hydrogen) atoms. The van der Waals surface area contributed by atoms with E-state index in [4.69, 9.17) is 10.8 Å². The SMILES string of the molecule is C1CCCCC1.CNc1nc(N)nn2ccc(-c3ccc4nc(C)n(CC(F)F)c4n3)c12.COCCO. The Kier molecular flexibility index (Phi) is 10.5. The Morgan fingerprint density at radius 2 is 1.76 bits per heavy atom. The van der Waals surface area contributed by atoms with Gasteiger partial charge in [-0.15, -0.1) is 5.10 Å².